The zero-order valence-corrected chi connectivity index (χ0v) is 11.7. The number of hydrogen-bond acceptors (Lipinski definition) is 2. The molecule has 5 rings (SSSR count). The van der Waals surface area contributed by atoms with Crippen molar-refractivity contribution in [3.8, 4) is 0 Å². The minimum Gasteiger partial charge on any atom is -0.292 e. The molecule has 3 heterocycles. The van der Waals surface area contributed by atoms with Gasteiger partial charge in [-0.3, -0.25) is 9.80 Å². The van der Waals surface area contributed by atoms with Crippen molar-refractivity contribution in [1.82, 2.24) is 9.80 Å². The van der Waals surface area contributed by atoms with Crippen molar-refractivity contribution in [3.05, 3.63) is 71.8 Å². The van der Waals surface area contributed by atoms with Crippen LogP contribution in [-0.2, 0) is 0 Å². The fraction of sp³-hybridized carbons (Fsp3) is 0.333. The standard InChI is InChI=1S/C18H20N2/c1-3-7-15(8-4-1)17-13-20-12-11-19(17)14-18(20)16-9-5-2-6-10-16/h1-10,17-18H,11-14H2. The van der Waals surface area contributed by atoms with Crippen molar-refractivity contribution < 1.29 is 0 Å². The van der Waals surface area contributed by atoms with Crippen molar-refractivity contribution in [1.29, 1.82) is 0 Å². The molecule has 3 aliphatic rings. The largest absolute Gasteiger partial charge is 0.292 e. The van der Waals surface area contributed by atoms with E-state index in [0.29, 0.717) is 12.1 Å². The molecule has 3 saturated heterocycles. The summed E-state index contributed by atoms with van der Waals surface area (Å²) in [7, 11) is 0. The summed E-state index contributed by atoms with van der Waals surface area (Å²) >= 11 is 0. The Hall–Kier alpha value is -1.64. The lowest BCUT2D eigenvalue weighted by Crippen LogP contribution is -2.58. The molecule has 3 aliphatic heterocycles. The Bertz CT molecular complexity index is 513. The summed E-state index contributed by atoms with van der Waals surface area (Å²) in [5.74, 6) is 0. The zero-order chi connectivity index (χ0) is 13.4. The summed E-state index contributed by atoms with van der Waals surface area (Å²) in [5.41, 5.74) is 2.92. The maximum absolute atomic E-state index is 2.66. The number of benzene rings is 2. The molecule has 2 bridgehead atoms. The quantitative estimate of drug-likeness (QED) is 0.822. The maximum atomic E-state index is 2.66. The number of fused-ring (bicyclic) bond motifs is 3. The fourth-order valence-corrected chi connectivity index (χ4v) is 3.66. The first-order valence-corrected chi connectivity index (χ1v) is 7.50. The molecular formula is C18H20N2. The van der Waals surface area contributed by atoms with Gasteiger partial charge in [0.25, 0.3) is 0 Å². The highest BCUT2D eigenvalue weighted by atomic mass is 15.4. The number of hydrogen-bond donors (Lipinski definition) is 0. The van der Waals surface area contributed by atoms with Gasteiger partial charge in [0, 0.05) is 38.3 Å². The Labute approximate surface area is 120 Å². The Morgan fingerprint density at radius 1 is 0.600 bits per heavy atom. The lowest BCUT2D eigenvalue weighted by molar-refractivity contribution is -0.0321. The molecule has 0 aromatic heterocycles. The molecule has 0 spiro atoms. The van der Waals surface area contributed by atoms with E-state index in [4.69, 9.17) is 0 Å². The van der Waals surface area contributed by atoms with Gasteiger partial charge in [-0.15, -0.1) is 0 Å². The lowest BCUT2D eigenvalue weighted by Gasteiger charge is -2.52. The molecule has 2 nitrogen and oxygen atoms in total. The van der Waals surface area contributed by atoms with Gasteiger partial charge in [-0.25, -0.2) is 0 Å². The van der Waals surface area contributed by atoms with Crippen molar-refractivity contribution in [2.24, 2.45) is 0 Å². The molecule has 0 N–H and O–H groups in total. The van der Waals surface area contributed by atoms with Gasteiger partial charge >= 0.3 is 0 Å². The van der Waals surface area contributed by atoms with E-state index in [1.165, 1.54) is 24.2 Å². The number of nitrogens with zero attached hydrogens (tertiary/aromatic N) is 2. The van der Waals surface area contributed by atoms with Gasteiger partial charge < -0.3 is 0 Å². The molecule has 4 atom stereocenters. The summed E-state index contributed by atoms with van der Waals surface area (Å²) in [6.07, 6.45) is 0. The van der Waals surface area contributed by atoms with E-state index < -0.39 is 0 Å². The minimum atomic E-state index is 0.574. The third-order valence-electron chi connectivity index (χ3n) is 4.74. The normalized spacial score (nSPS) is 32.2. The van der Waals surface area contributed by atoms with Crippen LogP contribution in [0.15, 0.2) is 60.7 Å². The van der Waals surface area contributed by atoms with E-state index in [1.807, 2.05) is 0 Å². The first-order valence-electron chi connectivity index (χ1n) is 7.50. The van der Waals surface area contributed by atoms with Gasteiger partial charge in [0.2, 0.25) is 0 Å². The smallest absolute Gasteiger partial charge is 0.0476 e. The van der Waals surface area contributed by atoms with Gasteiger partial charge in [0.15, 0.2) is 0 Å². The highest BCUT2D eigenvalue weighted by Crippen LogP contribution is 2.37. The van der Waals surface area contributed by atoms with Gasteiger partial charge in [-0.05, 0) is 11.1 Å². The zero-order valence-electron chi connectivity index (χ0n) is 11.7. The summed E-state index contributed by atoms with van der Waals surface area (Å²) in [6.45, 7) is 4.71. The van der Waals surface area contributed by atoms with Crippen LogP contribution >= 0.6 is 0 Å². The molecule has 102 valence electrons. The Morgan fingerprint density at radius 2 is 1.00 bits per heavy atom. The van der Waals surface area contributed by atoms with Crippen LogP contribution < -0.4 is 0 Å². The molecule has 2 aromatic carbocycles. The maximum Gasteiger partial charge on any atom is 0.0476 e. The topological polar surface area (TPSA) is 6.48 Å². The molecule has 0 amide bonds. The second kappa shape index (κ2) is 5.04. The molecule has 3 fully saturated rings. The highest BCUT2D eigenvalue weighted by molar-refractivity contribution is 5.25. The van der Waals surface area contributed by atoms with Crippen LogP contribution in [0.4, 0.5) is 0 Å². The fourth-order valence-electron chi connectivity index (χ4n) is 3.66. The lowest BCUT2D eigenvalue weighted by atomic mass is 9.93. The third kappa shape index (κ3) is 2.05. The first-order chi connectivity index (χ1) is 9.92. The Kier molecular flexibility index (Phi) is 3.06. The van der Waals surface area contributed by atoms with Gasteiger partial charge in [-0.2, -0.15) is 0 Å². The second-order valence-electron chi connectivity index (χ2n) is 5.84. The van der Waals surface area contributed by atoms with E-state index in [1.54, 1.807) is 0 Å². The van der Waals surface area contributed by atoms with Crippen molar-refractivity contribution in [2.75, 3.05) is 26.2 Å². The van der Waals surface area contributed by atoms with Gasteiger partial charge in [-0.1, -0.05) is 60.7 Å². The van der Waals surface area contributed by atoms with E-state index >= 15 is 0 Å². The van der Waals surface area contributed by atoms with Crippen LogP contribution in [0.25, 0.3) is 0 Å². The Balaban J connectivity index is 1.59. The number of rotatable bonds is 2. The molecule has 0 radical (unpaired) electrons. The monoisotopic (exact) mass is 264 g/mol. The third-order valence-corrected chi connectivity index (χ3v) is 4.74. The van der Waals surface area contributed by atoms with E-state index in [-0.39, 0.29) is 0 Å². The van der Waals surface area contributed by atoms with Crippen LogP contribution in [0.1, 0.15) is 23.2 Å². The van der Waals surface area contributed by atoms with Crippen LogP contribution in [0.3, 0.4) is 0 Å². The highest BCUT2D eigenvalue weighted by Gasteiger charge is 2.39. The summed E-state index contributed by atoms with van der Waals surface area (Å²) in [5, 5.41) is 0. The van der Waals surface area contributed by atoms with Crippen LogP contribution in [0, 0.1) is 0 Å². The SMILES string of the molecule is c1ccc(C2CN3CCN2CC3c2ccccc2)cc1. The minimum absolute atomic E-state index is 0.574. The van der Waals surface area contributed by atoms with Crippen molar-refractivity contribution >= 4 is 0 Å². The van der Waals surface area contributed by atoms with Crippen molar-refractivity contribution in [2.45, 2.75) is 12.1 Å². The van der Waals surface area contributed by atoms with Crippen molar-refractivity contribution in [3.63, 3.8) is 0 Å². The summed E-state index contributed by atoms with van der Waals surface area (Å²) in [6, 6.07) is 23.0. The summed E-state index contributed by atoms with van der Waals surface area (Å²) < 4.78 is 0. The van der Waals surface area contributed by atoms with Crippen LogP contribution in [0.2, 0.25) is 0 Å². The summed E-state index contributed by atoms with van der Waals surface area (Å²) in [4.78, 5) is 5.32. The van der Waals surface area contributed by atoms with E-state index in [0.717, 1.165) is 13.1 Å². The molecule has 4 unspecified atom stereocenters. The predicted octanol–water partition coefficient (Wildman–Crippen LogP) is 3.10. The first kappa shape index (κ1) is 12.1. The molecule has 0 aliphatic carbocycles. The second-order valence-corrected chi connectivity index (χ2v) is 5.84. The molecule has 0 saturated carbocycles. The van der Waals surface area contributed by atoms with E-state index in [9.17, 15) is 0 Å². The predicted molar refractivity (Wildman–Crippen MR) is 81.5 cm³/mol. The molecule has 2 aromatic rings. The van der Waals surface area contributed by atoms with Crippen LogP contribution in [-0.4, -0.2) is 36.0 Å². The molecular weight excluding hydrogens is 244 g/mol. The molecule has 20 heavy (non-hydrogen) atoms. The number of piperazine rings is 3. The van der Waals surface area contributed by atoms with Crippen LogP contribution in [0.5, 0.6) is 0 Å². The van der Waals surface area contributed by atoms with Gasteiger partial charge in [0.05, 0.1) is 0 Å². The Morgan fingerprint density at radius 3 is 1.35 bits per heavy atom. The average Bonchev–Trinajstić information content (AvgIpc) is 2.57. The van der Waals surface area contributed by atoms with E-state index in [2.05, 4.69) is 70.5 Å². The average molecular weight is 264 g/mol. The molecule has 2 heteroatoms. The van der Waals surface area contributed by atoms with Gasteiger partial charge in [0.1, 0.15) is 0 Å².